The topological polar surface area (TPSA) is 38.0 Å². The summed E-state index contributed by atoms with van der Waals surface area (Å²) in [5.41, 5.74) is 8.93. The van der Waals surface area contributed by atoms with E-state index in [1.54, 1.807) is 0 Å². The van der Waals surface area contributed by atoms with Gasteiger partial charge in [0, 0.05) is 5.69 Å². The van der Waals surface area contributed by atoms with E-state index in [1.807, 2.05) is 18.2 Å². The first-order valence-corrected chi connectivity index (χ1v) is 7.93. The van der Waals surface area contributed by atoms with Crippen LogP contribution in [0, 0.1) is 0 Å². The largest absolute Gasteiger partial charge is 0.324 e. The summed E-state index contributed by atoms with van der Waals surface area (Å²) in [6.45, 7) is 3.84. The molecule has 0 amide bonds. The summed E-state index contributed by atoms with van der Waals surface area (Å²) in [5, 5.41) is 0. The standard InChI is InChI=1S/C17H19IN2/c1-2-4-13-5-3-6-14(11-12-18)17(13)15-7-9-16(20-19)10-8-15/h2,4,7-12,20H,1,3,5-6,19H2/b12-11+,13-4+. The van der Waals surface area contributed by atoms with Crippen LogP contribution in [-0.2, 0) is 0 Å². The molecule has 0 saturated carbocycles. The van der Waals surface area contributed by atoms with Crippen molar-refractivity contribution in [3.8, 4) is 0 Å². The van der Waals surface area contributed by atoms with E-state index >= 15 is 0 Å². The molecular weight excluding hydrogens is 359 g/mol. The molecule has 0 bridgehead atoms. The fraction of sp³-hybridized carbons (Fsp3) is 0.176. The Labute approximate surface area is 134 Å². The van der Waals surface area contributed by atoms with Gasteiger partial charge in [-0.15, -0.1) is 0 Å². The lowest BCUT2D eigenvalue weighted by Gasteiger charge is -2.22. The maximum atomic E-state index is 5.43. The number of benzene rings is 1. The van der Waals surface area contributed by atoms with E-state index in [9.17, 15) is 0 Å². The van der Waals surface area contributed by atoms with E-state index in [4.69, 9.17) is 5.84 Å². The predicted molar refractivity (Wildman–Crippen MR) is 96.5 cm³/mol. The van der Waals surface area contributed by atoms with E-state index in [1.165, 1.54) is 28.7 Å². The molecule has 2 nitrogen and oxygen atoms in total. The summed E-state index contributed by atoms with van der Waals surface area (Å²) in [5.74, 6) is 5.43. The summed E-state index contributed by atoms with van der Waals surface area (Å²) in [7, 11) is 0. The molecule has 3 heteroatoms. The number of halogens is 1. The Hall–Kier alpha value is -1.33. The highest BCUT2D eigenvalue weighted by Crippen LogP contribution is 2.37. The van der Waals surface area contributed by atoms with Gasteiger partial charge in [0.2, 0.25) is 0 Å². The van der Waals surface area contributed by atoms with Crippen LogP contribution in [-0.4, -0.2) is 0 Å². The molecule has 0 fully saturated rings. The minimum atomic E-state index is 0.922. The van der Waals surface area contributed by atoms with Crippen LogP contribution in [0.1, 0.15) is 24.8 Å². The average molecular weight is 378 g/mol. The van der Waals surface area contributed by atoms with Crippen molar-refractivity contribution in [2.24, 2.45) is 5.84 Å². The van der Waals surface area contributed by atoms with Gasteiger partial charge in [0.25, 0.3) is 0 Å². The molecule has 0 aliphatic heterocycles. The van der Waals surface area contributed by atoms with Crippen LogP contribution in [0.3, 0.4) is 0 Å². The third-order valence-corrected chi connectivity index (χ3v) is 3.82. The molecule has 0 aromatic heterocycles. The normalized spacial score (nSPS) is 17.8. The van der Waals surface area contributed by atoms with Gasteiger partial charge in [0.1, 0.15) is 0 Å². The van der Waals surface area contributed by atoms with Gasteiger partial charge in [-0.3, -0.25) is 5.84 Å². The van der Waals surface area contributed by atoms with E-state index in [0.717, 1.165) is 18.5 Å². The van der Waals surface area contributed by atoms with Gasteiger partial charge in [-0.05, 0) is 57.8 Å². The molecule has 0 spiro atoms. The third kappa shape index (κ3) is 3.41. The number of hydrazine groups is 1. The van der Waals surface area contributed by atoms with Crippen LogP contribution in [0.5, 0.6) is 0 Å². The molecule has 0 radical (unpaired) electrons. The van der Waals surface area contributed by atoms with Crippen molar-refractivity contribution in [3.05, 3.63) is 69.9 Å². The monoisotopic (exact) mass is 378 g/mol. The lowest BCUT2D eigenvalue weighted by molar-refractivity contribution is 0.806. The second-order valence-corrected chi connectivity index (χ2v) is 5.41. The van der Waals surface area contributed by atoms with Gasteiger partial charge in [0.15, 0.2) is 0 Å². The van der Waals surface area contributed by atoms with Crippen molar-refractivity contribution in [2.45, 2.75) is 19.3 Å². The zero-order chi connectivity index (χ0) is 14.4. The smallest absolute Gasteiger partial charge is 0.0485 e. The van der Waals surface area contributed by atoms with Crippen molar-refractivity contribution in [3.63, 3.8) is 0 Å². The molecule has 2 rings (SSSR count). The number of anilines is 1. The highest BCUT2D eigenvalue weighted by molar-refractivity contribution is 14.1. The van der Waals surface area contributed by atoms with Gasteiger partial charge in [0.05, 0.1) is 0 Å². The van der Waals surface area contributed by atoms with E-state index in [2.05, 4.69) is 63.0 Å². The van der Waals surface area contributed by atoms with Gasteiger partial charge in [-0.1, -0.05) is 59.5 Å². The first-order chi connectivity index (χ1) is 9.80. The minimum absolute atomic E-state index is 0.922. The molecule has 0 atom stereocenters. The zero-order valence-electron chi connectivity index (χ0n) is 11.4. The summed E-state index contributed by atoms with van der Waals surface area (Å²) in [6.07, 6.45) is 9.65. The van der Waals surface area contributed by atoms with E-state index < -0.39 is 0 Å². The van der Waals surface area contributed by atoms with Crippen LogP contribution in [0.25, 0.3) is 5.57 Å². The maximum Gasteiger partial charge on any atom is 0.0485 e. The van der Waals surface area contributed by atoms with Crippen LogP contribution in [0.4, 0.5) is 5.69 Å². The highest BCUT2D eigenvalue weighted by atomic mass is 127. The van der Waals surface area contributed by atoms with Crippen molar-refractivity contribution in [1.82, 2.24) is 0 Å². The maximum absolute atomic E-state index is 5.43. The number of allylic oxidation sites excluding steroid dienone is 6. The van der Waals surface area contributed by atoms with Crippen molar-refractivity contribution >= 4 is 33.9 Å². The molecule has 0 heterocycles. The van der Waals surface area contributed by atoms with E-state index in [0.29, 0.717) is 0 Å². The average Bonchev–Trinajstić information content (AvgIpc) is 2.48. The van der Waals surface area contributed by atoms with Gasteiger partial charge < -0.3 is 5.43 Å². The first-order valence-electron chi connectivity index (χ1n) is 6.69. The minimum Gasteiger partial charge on any atom is -0.324 e. The summed E-state index contributed by atoms with van der Waals surface area (Å²) in [6, 6.07) is 8.25. The Kier molecular flexibility index (Phi) is 5.61. The molecule has 1 aromatic carbocycles. The lowest BCUT2D eigenvalue weighted by atomic mass is 9.83. The van der Waals surface area contributed by atoms with Crippen molar-refractivity contribution in [2.75, 3.05) is 5.43 Å². The van der Waals surface area contributed by atoms with Gasteiger partial charge >= 0.3 is 0 Å². The Balaban J connectivity index is 2.53. The highest BCUT2D eigenvalue weighted by Gasteiger charge is 2.17. The summed E-state index contributed by atoms with van der Waals surface area (Å²) in [4.78, 5) is 0. The fourth-order valence-electron chi connectivity index (χ4n) is 2.58. The van der Waals surface area contributed by atoms with E-state index in [-0.39, 0.29) is 0 Å². The Morgan fingerprint density at radius 1 is 1.20 bits per heavy atom. The Morgan fingerprint density at radius 2 is 1.95 bits per heavy atom. The van der Waals surface area contributed by atoms with Crippen LogP contribution < -0.4 is 11.3 Å². The molecule has 3 N–H and O–H groups in total. The number of nitrogen functional groups attached to an aromatic ring is 1. The molecule has 20 heavy (non-hydrogen) atoms. The molecule has 0 unspecified atom stereocenters. The number of hydrogen-bond donors (Lipinski definition) is 2. The first kappa shape index (κ1) is 15.1. The molecule has 1 aliphatic carbocycles. The third-order valence-electron chi connectivity index (χ3n) is 3.46. The van der Waals surface area contributed by atoms with Crippen LogP contribution >= 0.6 is 22.6 Å². The molecule has 1 aromatic rings. The Morgan fingerprint density at radius 3 is 2.55 bits per heavy atom. The number of hydrogen-bond acceptors (Lipinski definition) is 2. The summed E-state index contributed by atoms with van der Waals surface area (Å²) >= 11 is 2.28. The van der Waals surface area contributed by atoms with Crippen LogP contribution in [0.2, 0.25) is 0 Å². The predicted octanol–water partition coefficient (Wildman–Crippen LogP) is 4.97. The van der Waals surface area contributed by atoms with Gasteiger partial charge in [-0.25, -0.2) is 0 Å². The number of nitrogens with one attached hydrogen (secondary N) is 1. The van der Waals surface area contributed by atoms with Crippen LogP contribution in [0.15, 0.2) is 64.3 Å². The summed E-state index contributed by atoms with van der Waals surface area (Å²) < 4.78 is 2.08. The number of nitrogens with two attached hydrogens (primary N) is 1. The molecular formula is C17H19IN2. The van der Waals surface area contributed by atoms with Crippen molar-refractivity contribution in [1.29, 1.82) is 0 Å². The lowest BCUT2D eigenvalue weighted by Crippen LogP contribution is -2.06. The zero-order valence-corrected chi connectivity index (χ0v) is 13.6. The second-order valence-electron chi connectivity index (χ2n) is 4.70. The Bertz CT molecular complexity index is 565. The SMILES string of the molecule is C=C/C=C1\CCCC(/C=C/I)=C1c1ccc(NN)cc1. The number of rotatable bonds is 4. The second kappa shape index (κ2) is 7.45. The van der Waals surface area contributed by atoms with Crippen molar-refractivity contribution < 1.29 is 0 Å². The molecule has 1 aliphatic rings. The molecule has 104 valence electrons. The molecule has 0 saturated heterocycles. The quantitative estimate of drug-likeness (QED) is 0.441. The fourth-order valence-corrected chi connectivity index (χ4v) is 3.02. The van der Waals surface area contributed by atoms with Gasteiger partial charge in [-0.2, -0.15) is 0 Å².